The lowest BCUT2D eigenvalue weighted by molar-refractivity contribution is -0.384. The Morgan fingerprint density at radius 3 is 2.69 bits per heavy atom. The number of rotatable bonds is 7. The molecular weight excluding hydrogens is 405 g/mol. The van der Waals surface area contributed by atoms with Crippen LogP contribution in [0.25, 0.3) is 0 Å². The molecule has 148 valence electrons. The minimum absolute atomic E-state index is 0.0199. The Morgan fingerprint density at radius 1 is 1.24 bits per heavy atom. The minimum atomic E-state index is -0.782. The first-order valence-corrected chi connectivity index (χ1v) is 8.41. The molecule has 0 aliphatic carbocycles. The predicted octanol–water partition coefficient (Wildman–Crippen LogP) is 4.42. The van der Waals surface area contributed by atoms with Gasteiger partial charge in [0.15, 0.2) is 11.5 Å². The number of aromatic nitrogens is 2. The van der Waals surface area contributed by atoms with Crippen LogP contribution in [0.3, 0.4) is 0 Å². The van der Waals surface area contributed by atoms with E-state index in [9.17, 15) is 14.5 Å². The molecule has 0 radical (unpaired) electrons. The van der Waals surface area contributed by atoms with Gasteiger partial charge in [-0.2, -0.15) is 14.5 Å². The highest BCUT2D eigenvalue weighted by Gasteiger charge is 2.13. The van der Waals surface area contributed by atoms with E-state index >= 15 is 0 Å². The summed E-state index contributed by atoms with van der Waals surface area (Å²) in [4.78, 5) is 17.4. The van der Waals surface area contributed by atoms with Crippen molar-refractivity contribution in [3.05, 3.63) is 75.4 Å². The number of hydrogen-bond acceptors (Lipinski definition) is 8. The molecule has 0 atom stereocenters. The molecule has 0 fully saturated rings. The second-order valence-corrected chi connectivity index (χ2v) is 5.82. The lowest BCUT2D eigenvalue weighted by atomic mass is 10.2. The van der Waals surface area contributed by atoms with Crippen LogP contribution in [-0.2, 0) is 0 Å². The number of methoxy groups -OCH3 is 1. The molecule has 0 unspecified atom stereocenters. The van der Waals surface area contributed by atoms with Gasteiger partial charge in [0, 0.05) is 12.1 Å². The highest BCUT2D eigenvalue weighted by Crippen LogP contribution is 2.32. The zero-order chi connectivity index (χ0) is 20.8. The van der Waals surface area contributed by atoms with Gasteiger partial charge in [0.2, 0.25) is 11.1 Å². The monoisotopic (exact) mass is 417 g/mol. The summed E-state index contributed by atoms with van der Waals surface area (Å²) in [5, 5.41) is 14.6. The molecule has 1 aromatic heterocycles. The van der Waals surface area contributed by atoms with Crippen molar-refractivity contribution >= 4 is 29.2 Å². The number of nitrogens with one attached hydrogen (secondary N) is 1. The predicted molar refractivity (Wildman–Crippen MR) is 104 cm³/mol. The zero-order valence-corrected chi connectivity index (χ0v) is 15.6. The summed E-state index contributed by atoms with van der Waals surface area (Å²) in [7, 11) is 1.44. The first-order valence-electron chi connectivity index (χ1n) is 8.03. The Labute approximate surface area is 168 Å². The third kappa shape index (κ3) is 5.14. The molecule has 1 heterocycles. The van der Waals surface area contributed by atoms with Crippen LogP contribution in [0.5, 0.6) is 17.4 Å². The van der Waals surface area contributed by atoms with E-state index in [4.69, 9.17) is 21.1 Å². The van der Waals surface area contributed by atoms with Crippen molar-refractivity contribution in [1.82, 2.24) is 9.97 Å². The van der Waals surface area contributed by atoms with Crippen LogP contribution < -0.4 is 14.9 Å². The number of nitro benzene ring substituents is 1. The number of non-ortho nitro benzene ring substituents is 1. The number of hydrogen-bond donors (Lipinski definition) is 1. The summed E-state index contributed by atoms with van der Waals surface area (Å²) in [5.74, 6) is -0.586. The largest absolute Gasteiger partial charge is 0.493 e. The minimum Gasteiger partial charge on any atom is -0.493 e. The molecule has 11 heteroatoms. The van der Waals surface area contributed by atoms with Gasteiger partial charge >= 0.3 is 0 Å². The maximum absolute atomic E-state index is 13.8. The summed E-state index contributed by atoms with van der Waals surface area (Å²) < 4.78 is 24.5. The summed E-state index contributed by atoms with van der Waals surface area (Å²) in [6.07, 6.45) is 2.38. The van der Waals surface area contributed by atoms with E-state index in [1.54, 1.807) is 18.2 Å². The van der Waals surface area contributed by atoms with Crippen LogP contribution in [0.1, 0.15) is 5.56 Å². The SMILES string of the molecule is COc1ccc(C=NNc2ccc([N+](=O)[O-])cc2)cc1Oc1nc(Cl)ncc1F. The standard InChI is InChI=1S/C18H13ClFN5O4/c1-28-15-7-2-11(8-16(15)29-17-14(20)10-21-18(19)23-17)9-22-24-12-3-5-13(6-4-12)25(26)27/h2-10,24H,1H3. The van der Waals surface area contributed by atoms with Crippen molar-refractivity contribution in [1.29, 1.82) is 0 Å². The number of halogens is 2. The quantitative estimate of drug-likeness (QED) is 0.262. The molecular formula is C18H13ClFN5O4. The van der Waals surface area contributed by atoms with Crippen LogP contribution in [0.15, 0.2) is 53.8 Å². The van der Waals surface area contributed by atoms with Crippen LogP contribution in [-0.4, -0.2) is 28.2 Å². The van der Waals surface area contributed by atoms with E-state index in [0.29, 0.717) is 17.0 Å². The number of benzene rings is 2. The number of hydrazone groups is 1. The average molecular weight is 418 g/mol. The van der Waals surface area contributed by atoms with Crippen molar-refractivity contribution in [3.8, 4) is 17.4 Å². The summed E-state index contributed by atoms with van der Waals surface area (Å²) >= 11 is 5.67. The molecule has 1 N–H and O–H groups in total. The maximum Gasteiger partial charge on any atom is 0.269 e. The molecule has 2 aromatic carbocycles. The number of anilines is 1. The smallest absolute Gasteiger partial charge is 0.269 e. The molecule has 9 nitrogen and oxygen atoms in total. The van der Waals surface area contributed by atoms with Gasteiger partial charge < -0.3 is 9.47 Å². The lowest BCUT2D eigenvalue weighted by Gasteiger charge is -2.10. The van der Waals surface area contributed by atoms with E-state index in [2.05, 4.69) is 20.5 Å². The van der Waals surface area contributed by atoms with E-state index in [1.165, 1.54) is 37.6 Å². The van der Waals surface area contributed by atoms with Crippen LogP contribution in [0.2, 0.25) is 5.28 Å². The van der Waals surface area contributed by atoms with Crippen LogP contribution in [0, 0.1) is 15.9 Å². The average Bonchev–Trinajstić information content (AvgIpc) is 2.71. The molecule has 3 rings (SSSR count). The Balaban J connectivity index is 1.76. The second-order valence-electron chi connectivity index (χ2n) is 5.48. The van der Waals surface area contributed by atoms with Gasteiger partial charge in [0.1, 0.15) is 0 Å². The summed E-state index contributed by atoms with van der Waals surface area (Å²) in [6.45, 7) is 0. The van der Waals surface area contributed by atoms with Crippen molar-refractivity contribution in [2.45, 2.75) is 0 Å². The van der Waals surface area contributed by atoms with Gasteiger partial charge in [-0.25, -0.2) is 4.98 Å². The Morgan fingerprint density at radius 2 is 2.00 bits per heavy atom. The van der Waals surface area contributed by atoms with Crippen LogP contribution >= 0.6 is 11.6 Å². The Bertz CT molecular complexity index is 1060. The van der Waals surface area contributed by atoms with Crippen molar-refractivity contribution in [2.75, 3.05) is 12.5 Å². The molecule has 0 aliphatic heterocycles. The summed E-state index contributed by atoms with van der Waals surface area (Å²) in [6, 6.07) is 10.7. The molecule has 0 saturated carbocycles. The maximum atomic E-state index is 13.8. The highest BCUT2D eigenvalue weighted by molar-refractivity contribution is 6.28. The van der Waals surface area contributed by atoms with E-state index < -0.39 is 10.7 Å². The van der Waals surface area contributed by atoms with E-state index in [1.807, 2.05) is 0 Å². The van der Waals surface area contributed by atoms with Crippen LogP contribution in [0.4, 0.5) is 15.8 Å². The van der Waals surface area contributed by atoms with Gasteiger partial charge in [0.25, 0.3) is 11.6 Å². The topological polar surface area (TPSA) is 112 Å². The third-order valence-electron chi connectivity index (χ3n) is 3.56. The molecule has 0 saturated heterocycles. The molecule has 0 bridgehead atoms. The van der Waals surface area contributed by atoms with E-state index in [-0.39, 0.29) is 22.6 Å². The van der Waals surface area contributed by atoms with Crippen molar-refractivity contribution in [2.24, 2.45) is 5.10 Å². The molecule has 0 aliphatic rings. The molecule has 0 spiro atoms. The van der Waals surface area contributed by atoms with Gasteiger partial charge in [-0.15, -0.1) is 0 Å². The summed E-state index contributed by atoms with van der Waals surface area (Å²) in [5.41, 5.74) is 3.90. The number of nitro groups is 1. The number of ether oxygens (including phenoxy) is 2. The number of nitrogens with zero attached hydrogens (tertiary/aromatic N) is 4. The fourth-order valence-corrected chi connectivity index (χ4v) is 2.32. The highest BCUT2D eigenvalue weighted by atomic mass is 35.5. The van der Waals surface area contributed by atoms with Gasteiger partial charge in [-0.05, 0) is 47.5 Å². The normalized spacial score (nSPS) is 10.7. The van der Waals surface area contributed by atoms with Gasteiger partial charge in [-0.3, -0.25) is 15.5 Å². The fraction of sp³-hybridized carbons (Fsp3) is 0.0556. The third-order valence-corrected chi connectivity index (χ3v) is 3.74. The fourth-order valence-electron chi connectivity index (χ4n) is 2.20. The molecule has 29 heavy (non-hydrogen) atoms. The first kappa shape index (κ1) is 20.0. The second kappa shape index (κ2) is 8.93. The zero-order valence-electron chi connectivity index (χ0n) is 14.9. The first-order chi connectivity index (χ1) is 14.0. The van der Waals surface area contributed by atoms with Crippen molar-refractivity contribution in [3.63, 3.8) is 0 Å². The lowest BCUT2D eigenvalue weighted by Crippen LogP contribution is -1.98. The van der Waals surface area contributed by atoms with E-state index in [0.717, 1.165) is 6.20 Å². The Kier molecular flexibility index (Phi) is 6.15. The Hall–Kier alpha value is -3.79. The van der Waals surface area contributed by atoms with Crippen molar-refractivity contribution < 1.29 is 18.8 Å². The van der Waals surface area contributed by atoms with Gasteiger partial charge in [-0.1, -0.05) is 0 Å². The molecule has 3 aromatic rings. The molecule has 0 amide bonds. The van der Waals surface area contributed by atoms with Gasteiger partial charge in [0.05, 0.1) is 30.1 Å².